The van der Waals surface area contributed by atoms with Crippen molar-refractivity contribution in [1.82, 2.24) is 0 Å². The predicted octanol–water partition coefficient (Wildman–Crippen LogP) is 2.35. The minimum absolute atomic E-state index is 0.290. The van der Waals surface area contributed by atoms with Gasteiger partial charge in [0.1, 0.15) is 0 Å². The van der Waals surface area contributed by atoms with E-state index in [2.05, 4.69) is 18.2 Å². The maximum Gasteiger partial charge on any atom is 0.0281 e. The van der Waals surface area contributed by atoms with Gasteiger partial charge in [0.25, 0.3) is 0 Å². The van der Waals surface area contributed by atoms with Crippen molar-refractivity contribution in [2.75, 3.05) is 0 Å². The van der Waals surface area contributed by atoms with E-state index in [0.29, 0.717) is 0 Å². The highest BCUT2D eigenvalue weighted by Gasteiger charge is 2.33. The summed E-state index contributed by atoms with van der Waals surface area (Å²) in [5.41, 5.74) is 7.33. The van der Waals surface area contributed by atoms with E-state index in [4.69, 9.17) is 5.73 Å². The summed E-state index contributed by atoms with van der Waals surface area (Å²) in [4.78, 5) is 0. The highest BCUT2D eigenvalue weighted by molar-refractivity contribution is 5.32. The van der Waals surface area contributed by atoms with Gasteiger partial charge in [0.05, 0.1) is 0 Å². The average Bonchev–Trinajstić information content (AvgIpc) is 2.36. The van der Waals surface area contributed by atoms with Crippen molar-refractivity contribution in [3.05, 3.63) is 23.9 Å². The van der Waals surface area contributed by atoms with Gasteiger partial charge in [-0.15, -0.1) is 0 Å². The van der Waals surface area contributed by atoms with Crippen LogP contribution >= 0.6 is 0 Å². The minimum Gasteiger partial charge on any atom is -0.401 e. The SMILES string of the molecule is NC1=CC=CC12CCCCC2. The third kappa shape index (κ3) is 0.991. The van der Waals surface area contributed by atoms with Gasteiger partial charge in [-0.05, 0) is 18.9 Å². The maximum absolute atomic E-state index is 5.94. The molecule has 0 atom stereocenters. The summed E-state index contributed by atoms with van der Waals surface area (Å²) in [6, 6.07) is 0. The summed E-state index contributed by atoms with van der Waals surface area (Å²) in [5, 5.41) is 0. The molecule has 0 bridgehead atoms. The van der Waals surface area contributed by atoms with Crippen LogP contribution in [0.4, 0.5) is 0 Å². The lowest BCUT2D eigenvalue weighted by molar-refractivity contribution is 0.309. The molecule has 2 N–H and O–H groups in total. The lowest BCUT2D eigenvalue weighted by atomic mass is 9.73. The van der Waals surface area contributed by atoms with Crippen LogP contribution in [0.25, 0.3) is 0 Å². The number of hydrogen-bond acceptors (Lipinski definition) is 1. The maximum atomic E-state index is 5.94. The van der Waals surface area contributed by atoms with E-state index in [1.54, 1.807) is 0 Å². The Kier molecular flexibility index (Phi) is 1.52. The quantitative estimate of drug-likeness (QED) is 0.562. The molecule has 2 aliphatic carbocycles. The van der Waals surface area contributed by atoms with Gasteiger partial charge < -0.3 is 5.73 Å². The molecule has 0 heterocycles. The Morgan fingerprint density at radius 2 is 1.91 bits per heavy atom. The summed E-state index contributed by atoms with van der Waals surface area (Å²) >= 11 is 0. The van der Waals surface area contributed by atoms with Crippen LogP contribution in [-0.2, 0) is 0 Å². The van der Waals surface area contributed by atoms with Crippen LogP contribution < -0.4 is 5.73 Å². The Morgan fingerprint density at radius 1 is 1.18 bits per heavy atom. The van der Waals surface area contributed by atoms with Crippen LogP contribution in [0.2, 0.25) is 0 Å². The lowest BCUT2D eigenvalue weighted by Gasteiger charge is -2.32. The monoisotopic (exact) mass is 149 g/mol. The Labute approximate surface area is 68.0 Å². The molecule has 0 unspecified atom stereocenters. The van der Waals surface area contributed by atoms with E-state index in [-0.39, 0.29) is 5.41 Å². The van der Waals surface area contributed by atoms with Crippen LogP contribution in [0, 0.1) is 5.41 Å². The second kappa shape index (κ2) is 2.40. The average molecular weight is 149 g/mol. The lowest BCUT2D eigenvalue weighted by Crippen LogP contribution is -2.26. The summed E-state index contributed by atoms with van der Waals surface area (Å²) < 4.78 is 0. The number of rotatable bonds is 0. The highest BCUT2D eigenvalue weighted by Crippen LogP contribution is 2.43. The zero-order chi connectivity index (χ0) is 7.73. The topological polar surface area (TPSA) is 26.0 Å². The molecule has 0 radical (unpaired) electrons. The van der Waals surface area contributed by atoms with Crippen LogP contribution in [0.15, 0.2) is 23.9 Å². The van der Waals surface area contributed by atoms with Gasteiger partial charge in [-0.1, -0.05) is 31.4 Å². The zero-order valence-electron chi connectivity index (χ0n) is 6.84. The second-order valence-electron chi connectivity index (χ2n) is 3.70. The van der Waals surface area contributed by atoms with Gasteiger partial charge >= 0.3 is 0 Å². The Morgan fingerprint density at radius 3 is 2.45 bits per heavy atom. The van der Waals surface area contributed by atoms with Crippen molar-refractivity contribution < 1.29 is 0 Å². The fraction of sp³-hybridized carbons (Fsp3) is 0.600. The van der Waals surface area contributed by atoms with E-state index in [0.717, 1.165) is 5.70 Å². The molecular formula is C10H15N. The van der Waals surface area contributed by atoms with Gasteiger partial charge in [0.2, 0.25) is 0 Å². The Hall–Kier alpha value is -0.720. The number of allylic oxidation sites excluding steroid dienone is 3. The molecule has 0 aromatic carbocycles. The van der Waals surface area contributed by atoms with Crippen molar-refractivity contribution in [3.63, 3.8) is 0 Å². The molecule has 0 amide bonds. The van der Waals surface area contributed by atoms with Gasteiger partial charge in [-0.3, -0.25) is 0 Å². The van der Waals surface area contributed by atoms with E-state index in [1.165, 1.54) is 32.1 Å². The fourth-order valence-corrected chi connectivity index (χ4v) is 2.24. The molecule has 11 heavy (non-hydrogen) atoms. The molecule has 0 aromatic rings. The zero-order valence-corrected chi connectivity index (χ0v) is 6.84. The van der Waals surface area contributed by atoms with Gasteiger partial charge in [-0.2, -0.15) is 0 Å². The van der Waals surface area contributed by atoms with E-state index >= 15 is 0 Å². The fourth-order valence-electron chi connectivity index (χ4n) is 2.24. The number of nitrogens with two attached hydrogens (primary N) is 1. The Bertz CT molecular complexity index is 207. The molecule has 0 aliphatic heterocycles. The molecule has 0 saturated heterocycles. The van der Waals surface area contributed by atoms with E-state index < -0.39 is 0 Å². The first-order valence-corrected chi connectivity index (χ1v) is 4.49. The van der Waals surface area contributed by atoms with E-state index in [9.17, 15) is 0 Å². The Balaban J connectivity index is 2.20. The standard InChI is InChI=1S/C10H15N/c11-9-5-4-8-10(9)6-2-1-3-7-10/h4-5,8H,1-3,6-7,11H2. The molecule has 2 rings (SSSR count). The summed E-state index contributed by atoms with van der Waals surface area (Å²) in [7, 11) is 0. The first kappa shape index (κ1) is 6.96. The predicted molar refractivity (Wildman–Crippen MR) is 46.9 cm³/mol. The molecule has 1 fully saturated rings. The molecule has 1 nitrogen and oxygen atoms in total. The van der Waals surface area contributed by atoms with Crippen molar-refractivity contribution in [1.29, 1.82) is 0 Å². The van der Waals surface area contributed by atoms with Crippen LogP contribution in [0.1, 0.15) is 32.1 Å². The first-order chi connectivity index (χ1) is 5.33. The van der Waals surface area contributed by atoms with Crippen molar-refractivity contribution >= 4 is 0 Å². The molecular weight excluding hydrogens is 134 g/mol. The molecule has 1 heteroatoms. The second-order valence-corrected chi connectivity index (χ2v) is 3.70. The molecule has 0 aromatic heterocycles. The normalized spacial score (nSPS) is 27.5. The minimum atomic E-state index is 0.290. The van der Waals surface area contributed by atoms with E-state index in [1.807, 2.05) is 0 Å². The molecule has 60 valence electrons. The highest BCUT2D eigenvalue weighted by atomic mass is 14.6. The molecule has 1 spiro atoms. The van der Waals surface area contributed by atoms with Crippen LogP contribution in [0.5, 0.6) is 0 Å². The summed E-state index contributed by atoms with van der Waals surface area (Å²) in [6.45, 7) is 0. The number of hydrogen-bond donors (Lipinski definition) is 1. The summed E-state index contributed by atoms with van der Waals surface area (Å²) in [5.74, 6) is 0. The smallest absolute Gasteiger partial charge is 0.0281 e. The van der Waals surface area contributed by atoms with Crippen LogP contribution in [0.3, 0.4) is 0 Å². The third-order valence-corrected chi connectivity index (χ3v) is 3.01. The van der Waals surface area contributed by atoms with Crippen molar-refractivity contribution in [2.45, 2.75) is 32.1 Å². The van der Waals surface area contributed by atoms with Gasteiger partial charge in [0, 0.05) is 11.1 Å². The van der Waals surface area contributed by atoms with Crippen LogP contribution in [-0.4, -0.2) is 0 Å². The van der Waals surface area contributed by atoms with Crippen molar-refractivity contribution in [3.8, 4) is 0 Å². The largest absolute Gasteiger partial charge is 0.401 e. The van der Waals surface area contributed by atoms with Gasteiger partial charge in [-0.25, -0.2) is 0 Å². The van der Waals surface area contributed by atoms with Gasteiger partial charge in [0.15, 0.2) is 0 Å². The first-order valence-electron chi connectivity index (χ1n) is 4.49. The molecule has 1 saturated carbocycles. The third-order valence-electron chi connectivity index (χ3n) is 3.01. The van der Waals surface area contributed by atoms with Crippen molar-refractivity contribution in [2.24, 2.45) is 11.1 Å². The summed E-state index contributed by atoms with van der Waals surface area (Å²) in [6.07, 6.45) is 13.1. The molecule has 2 aliphatic rings.